The van der Waals surface area contributed by atoms with Gasteiger partial charge in [-0.2, -0.15) is 0 Å². The SMILES string of the molecule is N=C(/C=C\c1ccc(/C=C\Cc2ccc(-c3ccc4ccccc4c3)cc2)c(N)c1)c1cccc(-c2nc3ccccc3n2-c2ccccc2)c1. The van der Waals surface area contributed by atoms with E-state index in [2.05, 4.69) is 108 Å². The molecule has 8 aromatic rings. The van der Waals surface area contributed by atoms with Crippen molar-refractivity contribution in [1.29, 1.82) is 5.41 Å². The molecule has 0 aliphatic heterocycles. The fourth-order valence-electron chi connectivity index (χ4n) is 6.53. The highest BCUT2D eigenvalue weighted by Gasteiger charge is 2.15. The molecule has 0 aliphatic carbocycles. The van der Waals surface area contributed by atoms with E-state index in [0.717, 1.165) is 51.2 Å². The molecule has 0 amide bonds. The van der Waals surface area contributed by atoms with Crippen LogP contribution in [0.5, 0.6) is 0 Å². The molecule has 8 rings (SSSR count). The van der Waals surface area contributed by atoms with Crippen LogP contribution in [0.4, 0.5) is 5.69 Å². The summed E-state index contributed by atoms with van der Waals surface area (Å²) in [5, 5.41) is 11.4. The lowest BCUT2D eigenvalue weighted by molar-refractivity contribution is 1.10. The van der Waals surface area contributed by atoms with Crippen LogP contribution in [0.15, 0.2) is 176 Å². The molecular formula is C47H36N4. The third-order valence-electron chi connectivity index (χ3n) is 9.25. The van der Waals surface area contributed by atoms with Crippen molar-refractivity contribution >= 4 is 45.4 Å². The molecule has 0 unspecified atom stereocenters. The van der Waals surface area contributed by atoms with Gasteiger partial charge in [0.15, 0.2) is 0 Å². The topological polar surface area (TPSA) is 67.7 Å². The fourth-order valence-corrected chi connectivity index (χ4v) is 6.53. The predicted octanol–water partition coefficient (Wildman–Crippen LogP) is 11.4. The summed E-state index contributed by atoms with van der Waals surface area (Å²) in [6.07, 6.45) is 8.81. The smallest absolute Gasteiger partial charge is 0.145 e. The third-order valence-corrected chi connectivity index (χ3v) is 9.25. The number of anilines is 1. The van der Waals surface area contributed by atoms with Crippen LogP contribution in [-0.4, -0.2) is 15.3 Å². The predicted molar refractivity (Wildman–Crippen MR) is 215 cm³/mol. The summed E-state index contributed by atoms with van der Waals surface area (Å²) in [6.45, 7) is 0. The van der Waals surface area contributed by atoms with Crippen LogP contribution in [0.25, 0.3) is 62.2 Å². The van der Waals surface area contributed by atoms with Crippen LogP contribution in [0.3, 0.4) is 0 Å². The van der Waals surface area contributed by atoms with E-state index in [4.69, 9.17) is 16.1 Å². The number of allylic oxidation sites excluding steroid dienone is 2. The molecule has 0 aliphatic rings. The maximum Gasteiger partial charge on any atom is 0.145 e. The molecule has 0 bridgehead atoms. The summed E-state index contributed by atoms with van der Waals surface area (Å²) in [5.74, 6) is 0.843. The first-order valence-corrected chi connectivity index (χ1v) is 17.1. The van der Waals surface area contributed by atoms with Gasteiger partial charge in [0.2, 0.25) is 0 Å². The van der Waals surface area contributed by atoms with Crippen molar-refractivity contribution < 1.29 is 0 Å². The van der Waals surface area contributed by atoms with E-state index >= 15 is 0 Å². The molecule has 0 saturated carbocycles. The molecule has 0 fully saturated rings. The Morgan fingerprint density at radius 3 is 2.24 bits per heavy atom. The van der Waals surface area contributed by atoms with Gasteiger partial charge in [0.05, 0.1) is 16.7 Å². The van der Waals surface area contributed by atoms with Crippen molar-refractivity contribution in [1.82, 2.24) is 9.55 Å². The molecule has 0 saturated heterocycles. The fraction of sp³-hybridized carbons (Fsp3) is 0.0213. The quantitative estimate of drug-likeness (QED) is 0.120. The van der Waals surface area contributed by atoms with E-state index < -0.39 is 0 Å². The number of nitrogen functional groups attached to an aromatic ring is 1. The lowest BCUT2D eigenvalue weighted by atomic mass is 9.99. The number of para-hydroxylation sites is 3. The number of rotatable bonds is 9. The van der Waals surface area contributed by atoms with Crippen molar-refractivity contribution in [3.8, 4) is 28.2 Å². The van der Waals surface area contributed by atoms with E-state index in [0.29, 0.717) is 11.4 Å². The van der Waals surface area contributed by atoms with Crippen molar-refractivity contribution in [2.75, 3.05) is 5.73 Å². The van der Waals surface area contributed by atoms with Crippen molar-refractivity contribution in [2.45, 2.75) is 6.42 Å². The first-order chi connectivity index (χ1) is 25.1. The Hall–Kier alpha value is -6.78. The number of hydrogen-bond donors (Lipinski definition) is 2. The number of aromatic nitrogens is 2. The standard InChI is InChI=1S/C47H36N4/c48-43(40-14-9-15-41(32-40)47-50-45-18-6-7-19-46(45)51(47)42-16-2-1-3-17-42)29-23-34-22-26-37(44(49)30-34)13-8-10-33-20-24-36(25-21-33)39-28-27-35-11-4-5-12-38(35)31-39/h1-9,11-32,48H,10,49H2/b13-8-,29-23-,48-43?. The number of benzene rings is 7. The first-order valence-electron chi connectivity index (χ1n) is 17.1. The minimum Gasteiger partial charge on any atom is -0.398 e. The molecule has 1 heterocycles. The molecule has 4 nitrogen and oxygen atoms in total. The molecule has 4 heteroatoms. The summed E-state index contributed by atoms with van der Waals surface area (Å²) in [4.78, 5) is 4.99. The van der Waals surface area contributed by atoms with Crippen molar-refractivity contribution in [2.24, 2.45) is 0 Å². The average molecular weight is 657 g/mol. The van der Waals surface area contributed by atoms with E-state index in [-0.39, 0.29) is 0 Å². The maximum absolute atomic E-state index is 8.87. The molecule has 0 radical (unpaired) electrons. The van der Waals surface area contributed by atoms with E-state index in [9.17, 15) is 0 Å². The van der Waals surface area contributed by atoms with Gasteiger partial charge in [-0.25, -0.2) is 4.98 Å². The van der Waals surface area contributed by atoms with Gasteiger partial charge in [-0.05, 0) is 93.6 Å². The molecule has 1 aromatic heterocycles. The van der Waals surface area contributed by atoms with Crippen molar-refractivity contribution in [3.63, 3.8) is 0 Å². The summed E-state index contributed by atoms with van der Waals surface area (Å²) in [6, 6.07) is 56.3. The second kappa shape index (κ2) is 14.0. The zero-order chi connectivity index (χ0) is 34.6. The van der Waals surface area contributed by atoms with Crippen LogP contribution in [0, 0.1) is 5.41 Å². The van der Waals surface area contributed by atoms with Gasteiger partial charge in [-0.1, -0.05) is 140 Å². The average Bonchev–Trinajstić information content (AvgIpc) is 3.58. The van der Waals surface area contributed by atoms with E-state index in [1.54, 1.807) is 0 Å². The molecule has 0 atom stereocenters. The largest absolute Gasteiger partial charge is 0.398 e. The number of imidazole rings is 1. The number of hydrogen-bond acceptors (Lipinski definition) is 3. The Morgan fingerprint density at radius 2 is 1.39 bits per heavy atom. The van der Waals surface area contributed by atoms with E-state index in [1.165, 1.54) is 27.5 Å². The van der Waals surface area contributed by atoms with Crippen LogP contribution in [0.1, 0.15) is 22.3 Å². The highest BCUT2D eigenvalue weighted by molar-refractivity contribution is 6.09. The van der Waals surface area contributed by atoms with Crippen LogP contribution < -0.4 is 5.73 Å². The molecule has 0 spiro atoms. The monoisotopic (exact) mass is 656 g/mol. The lowest BCUT2D eigenvalue weighted by Crippen LogP contribution is -1.99. The third kappa shape index (κ3) is 6.76. The summed E-state index contributed by atoms with van der Waals surface area (Å²) < 4.78 is 2.18. The molecule has 51 heavy (non-hydrogen) atoms. The normalized spacial score (nSPS) is 11.6. The lowest BCUT2D eigenvalue weighted by Gasteiger charge is -2.10. The van der Waals surface area contributed by atoms with Gasteiger partial charge >= 0.3 is 0 Å². The summed E-state index contributed by atoms with van der Waals surface area (Å²) >= 11 is 0. The van der Waals surface area contributed by atoms with Crippen LogP contribution >= 0.6 is 0 Å². The molecule has 244 valence electrons. The molecule has 3 N–H and O–H groups in total. The highest BCUT2D eigenvalue weighted by atomic mass is 15.1. The maximum atomic E-state index is 8.87. The summed E-state index contributed by atoms with van der Waals surface area (Å²) in [5.41, 5.74) is 18.0. The Balaban J connectivity index is 0.940. The Bertz CT molecular complexity index is 2570. The minimum atomic E-state index is 0.411. The number of fused-ring (bicyclic) bond motifs is 2. The highest BCUT2D eigenvalue weighted by Crippen LogP contribution is 2.30. The van der Waals surface area contributed by atoms with Gasteiger partial charge < -0.3 is 11.1 Å². The number of nitrogens with one attached hydrogen (secondary N) is 1. The first kappa shape index (κ1) is 31.5. The Morgan fingerprint density at radius 1 is 0.627 bits per heavy atom. The van der Waals surface area contributed by atoms with Gasteiger partial charge in [0.25, 0.3) is 0 Å². The molecule has 7 aromatic carbocycles. The van der Waals surface area contributed by atoms with Gasteiger partial charge in [-0.3, -0.25) is 4.57 Å². The van der Waals surface area contributed by atoms with Crippen LogP contribution in [0.2, 0.25) is 0 Å². The van der Waals surface area contributed by atoms with Crippen molar-refractivity contribution in [3.05, 3.63) is 198 Å². The van der Waals surface area contributed by atoms with Gasteiger partial charge in [-0.15, -0.1) is 0 Å². The zero-order valence-electron chi connectivity index (χ0n) is 28.1. The second-order valence-corrected chi connectivity index (χ2v) is 12.7. The van der Waals surface area contributed by atoms with Gasteiger partial charge in [0, 0.05) is 22.5 Å². The Kier molecular flexibility index (Phi) is 8.63. The summed E-state index contributed by atoms with van der Waals surface area (Å²) in [7, 11) is 0. The minimum absolute atomic E-state index is 0.411. The Labute approximate surface area is 298 Å². The van der Waals surface area contributed by atoms with Crippen LogP contribution in [-0.2, 0) is 6.42 Å². The van der Waals surface area contributed by atoms with E-state index in [1.807, 2.05) is 84.9 Å². The number of nitrogens with two attached hydrogens (primary N) is 1. The van der Waals surface area contributed by atoms with Gasteiger partial charge in [0.1, 0.15) is 5.82 Å². The molecular weight excluding hydrogens is 621 g/mol. The zero-order valence-corrected chi connectivity index (χ0v) is 28.1. The second-order valence-electron chi connectivity index (χ2n) is 12.7. The number of nitrogens with zero attached hydrogens (tertiary/aromatic N) is 2.